The fraction of sp³-hybridized carbons (Fsp3) is 0.684. The highest BCUT2D eigenvalue weighted by Crippen LogP contribution is 2.58. The second-order valence-corrected chi connectivity index (χ2v) is 6.77. The maximum absolute atomic E-state index is 13.5. The minimum absolute atomic E-state index is 0.0826. The summed E-state index contributed by atoms with van der Waals surface area (Å²) in [6.45, 7) is 2.46. The molecule has 166 valence electrons. The van der Waals surface area contributed by atoms with Gasteiger partial charge in [-0.2, -0.15) is 26.3 Å². The average molecular weight is 429 g/mol. The first-order valence-corrected chi connectivity index (χ1v) is 9.35. The van der Waals surface area contributed by atoms with Crippen LogP contribution >= 0.6 is 0 Å². The van der Waals surface area contributed by atoms with Crippen LogP contribution in [0.15, 0.2) is 12.1 Å². The summed E-state index contributed by atoms with van der Waals surface area (Å²) in [5.41, 5.74) is -4.93. The monoisotopic (exact) mass is 429 g/mol. The zero-order valence-corrected chi connectivity index (χ0v) is 16.3. The number of fused-ring (bicyclic) bond motifs is 1. The Morgan fingerprint density at radius 2 is 1.79 bits per heavy atom. The molecule has 0 spiro atoms. The fourth-order valence-electron chi connectivity index (χ4n) is 3.42. The maximum Gasteiger partial charge on any atom is 0.430 e. The number of rotatable bonds is 10. The molecule has 0 aliphatic carbocycles. The van der Waals surface area contributed by atoms with Crippen molar-refractivity contribution in [2.24, 2.45) is 0 Å². The lowest BCUT2D eigenvalue weighted by molar-refractivity contribution is -0.385. The summed E-state index contributed by atoms with van der Waals surface area (Å²) in [7, 11) is 1.56. The SMILES string of the molecule is CCCc1c(OCCCCNCOC)ccc2c1COC2(C(F)(F)F)C(F)(F)F. The minimum atomic E-state index is -5.63. The second kappa shape index (κ2) is 9.53. The van der Waals surface area contributed by atoms with E-state index in [2.05, 4.69) is 10.1 Å². The van der Waals surface area contributed by atoms with E-state index in [0.717, 1.165) is 12.5 Å². The third kappa shape index (κ3) is 4.80. The first-order chi connectivity index (χ1) is 13.6. The second-order valence-electron chi connectivity index (χ2n) is 6.77. The molecule has 0 amide bonds. The molecule has 0 radical (unpaired) electrons. The highest BCUT2D eigenvalue weighted by atomic mass is 19.4. The molecular weight excluding hydrogens is 404 g/mol. The van der Waals surface area contributed by atoms with Crippen molar-refractivity contribution in [3.8, 4) is 5.75 Å². The summed E-state index contributed by atoms with van der Waals surface area (Å²) in [6.07, 6.45) is -8.96. The van der Waals surface area contributed by atoms with Crippen LogP contribution in [0, 0.1) is 0 Å². The van der Waals surface area contributed by atoms with Crippen LogP contribution in [0.25, 0.3) is 0 Å². The van der Waals surface area contributed by atoms with Crippen LogP contribution in [0.5, 0.6) is 5.75 Å². The van der Waals surface area contributed by atoms with E-state index >= 15 is 0 Å². The molecule has 2 rings (SSSR count). The first kappa shape index (κ1) is 23.8. The van der Waals surface area contributed by atoms with E-state index in [-0.39, 0.29) is 5.56 Å². The van der Waals surface area contributed by atoms with Crippen LogP contribution in [0.3, 0.4) is 0 Å². The summed E-state index contributed by atoms with van der Waals surface area (Å²) in [4.78, 5) is 0. The average Bonchev–Trinajstić information content (AvgIpc) is 3.03. The Morgan fingerprint density at radius 3 is 2.38 bits per heavy atom. The van der Waals surface area contributed by atoms with E-state index in [9.17, 15) is 26.3 Å². The van der Waals surface area contributed by atoms with Gasteiger partial charge in [-0.15, -0.1) is 0 Å². The van der Waals surface area contributed by atoms with Gasteiger partial charge in [0.1, 0.15) is 5.75 Å². The zero-order valence-electron chi connectivity index (χ0n) is 16.3. The van der Waals surface area contributed by atoms with Crippen LogP contribution in [-0.2, 0) is 28.1 Å². The summed E-state index contributed by atoms with van der Waals surface area (Å²) < 4.78 is 95.9. The van der Waals surface area contributed by atoms with Gasteiger partial charge in [0.2, 0.25) is 0 Å². The van der Waals surface area contributed by atoms with Gasteiger partial charge < -0.3 is 14.2 Å². The molecule has 10 heteroatoms. The molecule has 1 N–H and O–H groups in total. The number of nitrogens with one attached hydrogen (secondary N) is 1. The summed E-state index contributed by atoms with van der Waals surface area (Å²) >= 11 is 0. The molecule has 1 heterocycles. The quantitative estimate of drug-likeness (QED) is 0.328. The van der Waals surface area contributed by atoms with E-state index in [0.29, 0.717) is 50.5 Å². The number of ether oxygens (including phenoxy) is 3. The Kier molecular flexibility index (Phi) is 7.80. The van der Waals surface area contributed by atoms with E-state index in [1.165, 1.54) is 6.07 Å². The van der Waals surface area contributed by atoms with Crippen molar-refractivity contribution in [3.05, 3.63) is 28.8 Å². The van der Waals surface area contributed by atoms with Gasteiger partial charge in [-0.1, -0.05) is 19.4 Å². The Balaban J connectivity index is 2.25. The van der Waals surface area contributed by atoms with Crippen molar-refractivity contribution in [2.45, 2.75) is 57.2 Å². The Hall–Kier alpha value is -1.52. The normalized spacial score (nSPS) is 16.1. The van der Waals surface area contributed by atoms with E-state index in [1.807, 2.05) is 0 Å². The van der Waals surface area contributed by atoms with E-state index in [4.69, 9.17) is 9.47 Å². The summed E-state index contributed by atoms with van der Waals surface area (Å²) in [6, 6.07) is 2.02. The molecule has 4 nitrogen and oxygen atoms in total. The molecule has 0 atom stereocenters. The lowest BCUT2D eigenvalue weighted by Crippen LogP contribution is -2.53. The van der Waals surface area contributed by atoms with Gasteiger partial charge in [0.15, 0.2) is 0 Å². The van der Waals surface area contributed by atoms with Crippen LogP contribution in [0.2, 0.25) is 0 Å². The fourth-order valence-corrected chi connectivity index (χ4v) is 3.42. The molecule has 0 fully saturated rings. The van der Waals surface area contributed by atoms with Gasteiger partial charge >= 0.3 is 12.4 Å². The number of hydrogen-bond acceptors (Lipinski definition) is 4. The van der Waals surface area contributed by atoms with Gasteiger partial charge in [-0.3, -0.25) is 5.32 Å². The molecule has 29 heavy (non-hydrogen) atoms. The van der Waals surface area contributed by atoms with Crippen LogP contribution in [0.1, 0.15) is 42.9 Å². The minimum Gasteiger partial charge on any atom is -0.493 e. The smallest absolute Gasteiger partial charge is 0.430 e. The predicted octanol–water partition coefficient (Wildman–Crippen LogP) is 4.84. The van der Waals surface area contributed by atoms with Crippen molar-refractivity contribution in [3.63, 3.8) is 0 Å². The molecule has 0 bridgehead atoms. The van der Waals surface area contributed by atoms with E-state index < -0.39 is 30.1 Å². The first-order valence-electron chi connectivity index (χ1n) is 9.35. The van der Waals surface area contributed by atoms with Crippen LogP contribution in [0.4, 0.5) is 26.3 Å². The van der Waals surface area contributed by atoms with Gasteiger partial charge in [-0.25, -0.2) is 0 Å². The van der Waals surface area contributed by atoms with Crippen LogP contribution in [-0.4, -0.2) is 39.3 Å². The van der Waals surface area contributed by atoms with Crippen molar-refractivity contribution in [2.75, 3.05) is 27.0 Å². The van der Waals surface area contributed by atoms with Crippen molar-refractivity contribution in [1.29, 1.82) is 0 Å². The molecule has 0 saturated heterocycles. The number of unbranched alkanes of at least 4 members (excludes halogenated alkanes) is 1. The molecule has 0 saturated carbocycles. The van der Waals surface area contributed by atoms with E-state index in [1.54, 1.807) is 14.0 Å². The molecule has 0 unspecified atom stereocenters. The third-order valence-electron chi connectivity index (χ3n) is 4.75. The van der Waals surface area contributed by atoms with Gasteiger partial charge in [0.25, 0.3) is 5.60 Å². The van der Waals surface area contributed by atoms with Gasteiger partial charge in [0.05, 0.1) is 19.9 Å². The van der Waals surface area contributed by atoms with Crippen molar-refractivity contribution in [1.82, 2.24) is 5.32 Å². The molecule has 1 aromatic rings. The molecule has 1 aromatic carbocycles. The Morgan fingerprint density at radius 1 is 1.10 bits per heavy atom. The summed E-state index contributed by atoms with van der Waals surface area (Å²) in [5, 5.41) is 3.03. The predicted molar refractivity (Wildman–Crippen MR) is 93.6 cm³/mol. The Labute approximate surface area is 165 Å². The largest absolute Gasteiger partial charge is 0.493 e. The van der Waals surface area contributed by atoms with Crippen LogP contribution < -0.4 is 10.1 Å². The molecule has 1 aliphatic rings. The van der Waals surface area contributed by atoms with Crippen molar-refractivity contribution >= 4 is 0 Å². The lowest BCUT2D eigenvalue weighted by Gasteiger charge is -2.33. The number of halogens is 6. The standard InChI is InChI=1S/C19H25F6NO3/c1-3-6-13-14-11-29-17(18(20,21)22,19(23,24)25)15(14)7-8-16(13)28-10-5-4-9-26-12-27-2/h7-8,26H,3-6,9-12H2,1-2H3. The van der Waals surface area contributed by atoms with Crippen molar-refractivity contribution < 1.29 is 40.6 Å². The highest BCUT2D eigenvalue weighted by molar-refractivity contribution is 5.50. The molecule has 1 aliphatic heterocycles. The molecular formula is C19H25F6NO3. The molecule has 0 aromatic heterocycles. The maximum atomic E-state index is 13.5. The zero-order chi connectivity index (χ0) is 21.7. The topological polar surface area (TPSA) is 39.7 Å². The number of alkyl halides is 6. The highest BCUT2D eigenvalue weighted by Gasteiger charge is 2.75. The lowest BCUT2D eigenvalue weighted by atomic mass is 9.87. The Bertz CT molecular complexity index is 661. The number of methoxy groups -OCH3 is 1. The number of hydrogen-bond donors (Lipinski definition) is 1. The van der Waals surface area contributed by atoms with Gasteiger partial charge in [0, 0.05) is 18.2 Å². The third-order valence-corrected chi connectivity index (χ3v) is 4.75. The van der Waals surface area contributed by atoms with Gasteiger partial charge in [-0.05, 0) is 37.4 Å². The number of benzene rings is 1. The summed E-state index contributed by atoms with van der Waals surface area (Å²) in [5.74, 6) is 0.305.